The second-order valence-corrected chi connectivity index (χ2v) is 9.88. The Morgan fingerprint density at radius 3 is 2.61 bits per heavy atom. The average molecular weight is 598 g/mol. The summed E-state index contributed by atoms with van der Waals surface area (Å²) in [5, 5.41) is 8.04. The predicted molar refractivity (Wildman–Crippen MR) is 160 cm³/mol. The number of rotatable bonds is 10. The molecular weight excluding hydrogens is 569 g/mol. The SMILES string of the molecule is C=CC(=O)N1CC(Oc2cc3c(Nc4ccc(Oc5ccn(-c6cnc(C)c(OC)c6)n5)cc4F)ncnc3cc2OC)C1. The number of hydrogen-bond acceptors (Lipinski definition) is 10. The fraction of sp³-hybridized carbons (Fsp3) is 0.194. The summed E-state index contributed by atoms with van der Waals surface area (Å²) in [6.07, 6.45) is 5.82. The van der Waals surface area contributed by atoms with Crippen LogP contribution in [0.5, 0.6) is 28.9 Å². The van der Waals surface area contributed by atoms with E-state index in [-0.39, 0.29) is 29.3 Å². The number of halogens is 1. The zero-order chi connectivity index (χ0) is 30.8. The molecule has 0 spiro atoms. The Morgan fingerprint density at radius 2 is 1.86 bits per heavy atom. The van der Waals surface area contributed by atoms with Gasteiger partial charge in [0.2, 0.25) is 11.8 Å². The molecular formula is C31H28FN7O5. The van der Waals surface area contributed by atoms with Gasteiger partial charge in [0.05, 0.1) is 56.1 Å². The van der Waals surface area contributed by atoms with Gasteiger partial charge in [0.15, 0.2) is 11.5 Å². The van der Waals surface area contributed by atoms with Crippen LogP contribution in [-0.4, -0.2) is 69.0 Å². The van der Waals surface area contributed by atoms with Gasteiger partial charge in [-0.2, -0.15) is 0 Å². The van der Waals surface area contributed by atoms with Crippen molar-refractivity contribution in [2.24, 2.45) is 0 Å². The highest BCUT2D eigenvalue weighted by Gasteiger charge is 2.31. The van der Waals surface area contributed by atoms with Crippen LogP contribution in [-0.2, 0) is 4.79 Å². The van der Waals surface area contributed by atoms with Gasteiger partial charge < -0.3 is 29.2 Å². The lowest BCUT2D eigenvalue weighted by Gasteiger charge is -2.38. The Morgan fingerprint density at radius 1 is 1.05 bits per heavy atom. The number of aryl methyl sites for hydroxylation is 1. The van der Waals surface area contributed by atoms with Gasteiger partial charge in [0.1, 0.15) is 35.6 Å². The largest absolute Gasteiger partial charge is 0.495 e. The molecule has 0 aliphatic carbocycles. The summed E-state index contributed by atoms with van der Waals surface area (Å²) >= 11 is 0. The Bertz CT molecular complexity index is 1870. The Hall–Kier alpha value is -5.72. The van der Waals surface area contributed by atoms with Crippen LogP contribution in [0.1, 0.15) is 5.69 Å². The molecule has 1 saturated heterocycles. The van der Waals surface area contributed by atoms with E-state index in [1.54, 1.807) is 59.4 Å². The minimum Gasteiger partial charge on any atom is -0.495 e. The third-order valence-corrected chi connectivity index (χ3v) is 7.04. The monoisotopic (exact) mass is 597 g/mol. The standard InChI is InChI=1S/C31H28FN7O5/c1-5-30(40)38-15-21(16-38)43-28-12-22-25(13-27(28)42-4)34-17-35-31(22)36-24-7-6-20(11-23(24)32)44-29-8-9-39(37-29)19-10-26(41-3)18(2)33-14-19/h5-14,17,21H,1,15-16H2,2-4H3,(H,34,35,36). The number of ether oxygens (including phenoxy) is 4. The summed E-state index contributed by atoms with van der Waals surface area (Å²) < 4.78 is 39.6. The highest BCUT2D eigenvalue weighted by Crippen LogP contribution is 2.37. The van der Waals surface area contributed by atoms with E-state index >= 15 is 4.39 Å². The molecule has 224 valence electrons. The van der Waals surface area contributed by atoms with Gasteiger partial charge in [-0.05, 0) is 31.2 Å². The van der Waals surface area contributed by atoms with Crippen LogP contribution in [0, 0.1) is 12.7 Å². The number of amides is 1. The zero-order valence-corrected chi connectivity index (χ0v) is 24.2. The summed E-state index contributed by atoms with van der Waals surface area (Å²) in [7, 11) is 3.11. The van der Waals surface area contributed by atoms with Crippen molar-refractivity contribution in [3.63, 3.8) is 0 Å². The van der Waals surface area contributed by atoms with Crippen molar-refractivity contribution in [3.05, 3.63) is 85.4 Å². The first kappa shape index (κ1) is 28.4. The summed E-state index contributed by atoms with van der Waals surface area (Å²) in [5.74, 6) is 1.76. The normalized spacial score (nSPS) is 12.9. The highest BCUT2D eigenvalue weighted by atomic mass is 19.1. The number of anilines is 2. The molecule has 2 aromatic carbocycles. The molecule has 0 unspecified atom stereocenters. The van der Waals surface area contributed by atoms with Crippen LogP contribution in [0.4, 0.5) is 15.9 Å². The number of carbonyl (C=O) groups excluding carboxylic acids is 1. The molecule has 5 aromatic rings. The Kier molecular flexibility index (Phi) is 7.67. The van der Waals surface area contributed by atoms with E-state index in [1.807, 2.05) is 13.0 Å². The van der Waals surface area contributed by atoms with Gasteiger partial charge in [0, 0.05) is 35.8 Å². The molecule has 0 saturated carbocycles. The number of hydrogen-bond donors (Lipinski definition) is 1. The molecule has 4 heterocycles. The first-order valence-electron chi connectivity index (χ1n) is 13.6. The topological polar surface area (TPSA) is 126 Å². The van der Waals surface area contributed by atoms with Crippen LogP contribution >= 0.6 is 0 Å². The molecule has 0 radical (unpaired) electrons. The molecule has 44 heavy (non-hydrogen) atoms. The third kappa shape index (κ3) is 5.67. The Balaban J connectivity index is 1.19. The molecule has 1 N–H and O–H groups in total. The number of fused-ring (bicyclic) bond motifs is 1. The average Bonchev–Trinajstić information content (AvgIpc) is 3.48. The van der Waals surface area contributed by atoms with Gasteiger partial charge in [0.25, 0.3) is 0 Å². The van der Waals surface area contributed by atoms with Crippen LogP contribution in [0.25, 0.3) is 16.6 Å². The van der Waals surface area contributed by atoms with E-state index in [1.165, 1.54) is 25.6 Å². The fourth-order valence-corrected chi connectivity index (χ4v) is 4.67. The van der Waals surface area contributed by atoms with E-state index in [0.717, 1.165) is 5.69 Å². The number of likely N-dealkylation sites (tertiary alicyclic amines) is 1. The van der Waals surface area contributed by atoms with Crippen LogP contribution in [0.3, 0.4) is 0 Å². The fourth-order valence-electron chi connectivity index (χ4n) is 4.67. The molecule has 1 fully saturated rings. The number of pyridine rings is 1. The van der Waals surface area contributed by atoms with Gasteiger partial charge in [-0.25, -0.2) is 19.0 Å². The number of nitrogens with one attached hydrogen (secondary N) is 1. The summed E-state index contributed by atoms with van der Waals surface area (Å²) in [4.78, 5) is 26.4. The predicted octanol–water partition coefficient (Wildman–Crippen LogP) is 4.99. The number of nitrogens with zero attached hydrogens (tertiary/aromatic N) is 6. The lowest BCUT2D eigenvalue weighted by molar-refractivity contribution is -0.134. The molecule has 3 aromatic heterocycles. The van der Waals surface area contributed by atoms with E-state index in [9.17, 15) is 4.79 Å². The number of methoxy groups -OCH3 is 2. The van der Waals surface area contributed by atoms with Crippen molar-refractivity contribution in [1.29, 1.82) is 0 Å². The first-order chi connectivity index (χ1) is 21.3. The van der Waals surface area contributed by atoms with Crippen molar-refractivity contribution in [2.45, 2.75) is 13.0 Å². The van der Waals surface area contributed by atoms with E-state index in [2.05, 4.69) is 31.9 Å². The maximum Gasteiger partial charge on any atom is 0.246 e. The van der Waals surface area contributed by atoms with Crippen molar-refractivity contribution in [2.75, 3.05) is 32.6 Å². The van der Waals surface area contributed by atoms with E-state index in [0.29, 0.717) is 52.7 Å². The van der Waals surface area contributed by atoms with Gasteiger partial charge in [-0.1, -0.05) is 6.58 Å². The van der Waals surface area contributed by atoms with E-state index < -0.39 is 5.82 Å². The minimum absolute atomic E-state index is 0.149. The molecule has 1 amide bonds. The molecule has 1 aliphatic rings. The lowest BCUT2D eigenvalue weighted by Crippen LogP contribution is -2.55. The number of carbonyl (C=O) groups is 1. The van der Waals surface area contributed by atoms with Crippen molar-refractivity contribution in [1.82, 2.24) is 29.6 Å². The second-order valence-electron chi connectivity index (χ2n) is 9.88. The summed E-state index contributed by atoms with van der Waals surface area (Å²) in [6, 6.07) is 11.4. The molecule has 6 rings (SSSR count). The van der Waals surface area contributed by atoms with Crippen LogP contribution < -0.4 is 24.3 Å². The summed E-state index contributed by atoms with van der Waals surface area (Å²) in [6.45, 7) is 6.22. The lowest BCUT2D eigenvalue weighted by atomic mass is 10.1. The molecule has 13 heteroatoms. The first-order valence-corrected chi connectivity index (χ1v) is 13.6. The maximum atomic E-state index is 15.3. The van der Waals surface area contributed by atoms with Gasteiger partial charge in [-0.3, -0.25) is 9.78 Å². The molecule has 12 nitrogen and oxygen atoms in total. The highest BCUT2D eigenvalue weighted by molar-refractivity contribution is 5.93. The quantitative estimate of drug-likeness (QED) is 0.220. The van der Waals surface area contributed by atoms with Gasteiger partial charge >= 0.3 is 0 Å². The smallest absolute Gasteiger partial charge is 0.246 e. The summed E-state index contributed by atoms with van der Waals surface area (Å²) in [5.41, 5.74) is 2.20. The van der Waals surface area contributed by atoms with E-state index in [4.69, 9.17) is 18.9 Å². The van der Waals surface area contributed by atoms with Crippen LogP contribution in [0.15, 0.2) is 73.8 Å². The molecule has 1 aliphatic heterocycles. The Labute approximate surface area is 251 Å². The third-order valence-electron chi connectivity index (χ3n) is 7.04. The number of aromatic nitrogens is 5. The van der Waals surface area contributed by atoms with Gasteiger partial charge in [-0.15, -0.1) is 5.10 Å². The number of benzene rings is 2. The second kappa shape index (κ2) is 11.9. The van der Waals surface area contributed by atoms with Crippen molar-refractivity contribution >= 4 is 28.3 Å². The zero-order valence-electron chi connectivity index (χ0n) is 24.2. The minimum atomic E-state index is -0.562. The molecule has 0 bridgehead atoms. The molecule has 0 atom stereocenters. The van der Waals surface area contributed by atoms with Crippen molar-refractivity contribution in [3.8, 4) is 34.6 Å². The van der Waals surface area contributed by atoms with Crippen molar-refractivity contribution < 1.29 is 28.1 Å². The van der Waals surface area contributed by atoms with Crippen LogP contribution in [0.2, 0.25) is 0 Å². The maximum absolute atomic E-state index is 15.3.